The van der Waals surface area contributed by atoms with Gasteiger partial charge in [-0.2, -0.15) is 0 Å². The predicted molar refractivity (Wildman–Crippen MR) is 112 cm³/mol. The fourth-order valence-electron chi connectivity index (χ4n) is 4.50. The molecule has 0 radical (unpaired) electrons. The predicted octanol–water partition coefficient (Wildman–Crippen LogP) is 0.795. The summed E-state index contributed by atoms with van der Waals surface area (Å²) in [6, 6.07) is 2.88. The number of pyridine rings is 1. The van der Waals surface area contributed by atoms with Crippen LogP contribution in [-0.2, 0) is 16.9 Å². The molecule has 2 aliphatic heterocycles. The van der Waals surface area contributed by atoms with E-state index in [1.807, 2.05) is 0 Å². The Labute approximate surface area is 187 Å². The van der Waals surface area contributed by atoms with Crippen molar-refractivity contribution in [3.05, 3.63) is 63.1 Å². The minimum Gasteiger partial charge on any atom is -0.503 e. The van der Waals surface area contributed by atoms with E-state index in [1.54, 1.807) is 4.90 Å². The summed E-state index contributed by atoms with van der Waals surface area (Å²) in [6.45, 7) is 1.96. The van der Waals surface area contributed by atoms with Crippen LogP contribution in [0.1, 0.15) is 39.8 Å². The summed E-state index contributed by atoms with van der Waals surface area (Å²) >= 11 is 0. The number of hydrogen-bond acceptors (Lipinski definition) is 5. The Morgan fingerprint density at radius 1 is 1.21 bits per heavy atom. The van der Waals surface area contributed by atoms with Crippen LogP contribution in [0, 0.1) is 11.6 Å². The molecule has 1 unspecified atom stereocenters. The first-order valence-electron chi connectivity index (χ1n) is 10.3. The van der Waals surface area contributed by atoms with Crippen LogP contribution in [-0.4, -0.2) is 63.9 Å². The number of aromatic nitrogens is 1. The van der Waals surface area contributed by atoms with Gasteiger partial charge in [-0.1, -0.05) is 6.07 Å². The number of fused-ring (bicyclic) bond motifs is 2. The van der Waals surface area contributed by atoms with Crippen LogP contribution in [0.4, 0.5) is 8.78 Å². The first-order valence-corrected chi connectivity index (χ1v) is 10.3. The molecular weight excluding hydrogens is 438 g/mol. The molecule has 2 aliphatic rings. The number of rotatable bonds is 3. The van der Waals surface area contributed by atoms with E-state index >= 15 is 0 Å². The van der Waals surface area contributed by atoms with Crippen molar-refractivity contribution in [3.8, 4) is 5.75 Å². The van der Waals surface area contributed by atoms with Crippen molar-refractivity contribution in [2.75, 3.05) is 26.7 Å². The molecule has 2 N–H and O–H groups in total. The van der Waals surface area contributed by atoms with Crippen LogP contribution in [0.5, 0.6) is 5.75 Å². The number of benzene rings is 1. The van der Waals surface area contributed by atoms with E-state index in [0.717, 1.165) is 6.07 Å². The van der Waals surface area contributed by atoms with E-state index in [0.29, 0.717) is 19.0 Å². The van der Waals surface area contributed by atoms with Gasteiger partial charge in [-0.15, -0.1) is 0 Å². The van der Waals surface area contributed by atoms with Gasteiger partial charge in [0.15, 0.2) is 11.4 Å². The molecule has 174 valence electrons. The molecule has 1 atom stereocenters. The highest BCUT2D eigenvalue weighted by atomic mass is 19.1. The summed E-state index contributed by atoms with van der Waals surface area (Å²) in [5.74, 6) is -4.13. The van der Waals surface area contributed by atoms with Crippen LogP contribution in [0.15, 0.2) is 29.2 Å². The Hall–Kier alpha value is -3.76. The van der Waals surface area contributed by atoms with E-state index in [4.69, 9.17) is 0 Å². The number of likely N-dealkylation sites (tertiary alicyclic amines) is 1. The van der Waals surface area contributed by atoms with Crippen LogP contribution in [0.2, 0.25) is 0 Å². The lowest BCUT2D eigenvalue weighted by Gasteiger charge is -2.42. The molecule has 9 nitrogen and oxygen atoms in total. The van der Waals surface area contributed by atoms with Gasteiger partial charge < -0.3 is 24.8 Å². The standard InChI is InChI=1S/C22H22F2N4O5/c1-12(29)27-6-5-22(11-27)10-26(2)21(33)17-19(31)18(30)15(9-28(17)22)20(32)25-8-13-3-4-14(23)7-16(13)24/h3-4,7,9,31H,5-6,8,10-11H2,1-2H3,(H,25,32). The number of amides is 3. The lowest BCUT2D eigenvalue weighted by atomic mass is 9.92. The monoisotopic (exact) mass is 460 g/mol. The second-order valence-electron chi connectivity index (χ2n) is 8.43. The molecule has 1 aromatic carbocycles. The number of hydrogen-bond donors (Lipinski definition) is 2. The van der Waals surface area contributed by atoms with E-state index in [1.165, 1.54) is 35.7 Å². The maximum absolute atomic E-state index is 13.9. The molecule has 4 rings (SSSR count). The van der Waals surface area contributed by atoms with Gasteiger partial charge in [0.2, 0.25) is 11.3 Å². The molecular formula is C22H22F2N4O5. The van der Waals surface area contributed by atoms with Gasteiger partial charge in [0.25, 0.3) is 11.8 Å². The Balaban J connectivity index is 1.73. The zero-order valence-electron chi connectivity index (χ0n) is 18.0. The maximum atomic E-state index is 13.9. The molecule has 33 heavy (non-hydrogen) atoms. The third-order valence-electron chi connectivity index (χ3n) is 6.25. The third kappa shape index (κ3) is 3.73. The Kier molecular flexibility index (Phi) is 5.43. The molecule has 0 saturated carbocycles. The maximum Gasteiger partial charge on any atom is 0.274 e. The highest BCUT2D eigenvalue weighted by Gasteiger charge is 2.48. The summed E-state index contributed by atoms with van der Waals surface area (Å²) in [5.41, 5.74) is -2.55. The van der Waals surface area contributed by atoms with Crippen LogP contribution < -0.4 is 10.7 Å². The number of nitrogens with one attached hydrogen (secondary N) is 1. The van der Waals surface area contributed by atoms with Crippen molar-refractivity contribution in [2.24, 2.45) is 0 Å². The first-order chi connectivity index (χ1) is 15.5. The lowest BCUT2D eigenvalue weighted by molar-refractivity contribution is -0.128. The number of carbonyl (C=O) groups excluding carboxylic acids is 3. The number of nitrogens with zero attached hydrogens (tertiary/aromatic N) is 3. The van der Waals surface area contributed by atoms with E-state index in [-0.39, 0.29) is 36.8 Å². The van der Waals surface area contributed by atoms with Gasteiger partial charge in [0.1, 0.15) is 17.2 Å². The second kappa shape index (κ2) is 7.98. The van der Waals surface area contributed by atoms with Crippen molar-refractivity contribution in [3.63, 3.8) is 0 Å². The summed E-state index contributed by atoms with van der Waals surface area (Å²) in [7, 11) is 1.53. The smallest absolute Gasteiger partial charge is 0.274 e. The fourth-order valence-corrected chi connectivity index (χ4v) is 4.50. The van der Waals surface area contributed by atoms with E-state index in [2.05, 4.69) is 5.32 Å². The zero-order valence-corrected chi connectivity index (χ0v) is 18.0. The molecule has 0 aliphatic carbocycles. The molecule has 1 spiro atoms. The van der Waals surface area contributed by atoms with E-state index < -0.39 is 45.7 Å². The van der Waals surface area contributed by atoms with Gasteiger partial charge in [0, 0.05) is 58.0 Å². The summed E-state index contributed by atoms with van der Waals surface area (Å²) in [6.07, 6.45) is 1.66. The molecule has 11 heteroatoms. The summed E-state index contributed by atoms with van der Waals surface area (Å²) in [5, 5.41) is 13.0. The second-order valence-corrected chi connectivity index (χ2v) is 8.43. The molecule has 0 bridgehead atoms. The minimum atomic E-state index is -1.04. The van der Waals surface area contributed by atoms with Crippen molar-refractivity contribution < 1.29 is 28.3 Å². The minimum absolute atomic E-state index is 0.00759. The molecule has 1 aromatic heterocycles. The SMILES string of the molecule is CC(=O)N1CCC2(CN(C)C(=O)c3c(O)c(=O)c(C(=O)NCc4ccc(F)cc4F)cn32)C1. The molecule has 3 heterocycles. The first kappa shape index (κ1) is 22.4. The number of carbonyl (C=O) groups is 3. The Morgan fingerprint density at radius 2 is 1.94 bits per heavy atom. The van der Waals surface area contributed by atoms with Crippen molar-refractivity contribution in [1.29, 1.82) is 0 Å². The quantitative estimate of drug-likeness (QED) is 0.704. The van der Waals surface area contributed by atoms with Gasteiger partial charge in [-0.05, 0) is 12.5 Å². The summed E-state index contributed by atoms with van der Waals surface area (Å²) in [4.78, 5) is 53.2. The van der Waals surface area contributed by atoms with Crippen LogP contribution >= 0.6 is 0 Å². The Bertz CT molecular complexity index is 1240. The summed E-state index contributed by atoms with van der Waals surface area (Å²) < 4.78 is 28.4. The van der Waals surface area contributed by atoms with Gasteiger partial charge in [-0.25, -0.2) is 8.78 Å². The van der Waals surface area contributed by atoms with Crippen molar-refractivity contribution in [2.45, 2.75) is 25.4 Å². The third-order valence-corrected chi connectivity index (χ3v) is 6.25. The molecule has 1 fully saturated rings. The fraction of sp³-hybridized carbons (Fsp3) is 0.364. The average Bonchev–Trinajstić information content (AvgIpc) is 3.18. The highest BCUT2D eigenvalue weighted by molar-refractivity contribution is 5.99. The van der Waals surface area contributed by atoms with Crippen LogP contribution in [0.3, 0.4) is 0 Å². The van der Waals surface area contributed by atoms with Gasteiger partial charge in [0.05, 0.1) is 5.54 Å². The number of halogens is 2. The largest absolute Gasteiger partial charge is 0.503 e. The van der Waals surface area contributed by atoms with Crippen LogP contribution in [0.25, 0.3) is 0 Å². The molecule has 1 saturated heterocycles. The zero-order chi connectivity index (χ0) is 24.1. The average molecular weight is 460 g/mol. The van der Waals surface area contributed by atoms with Crippen molar-refractivity contribution in [1.82, 2.24) is 19.7 Å². The normalized spacial score (nSPS) is 19.7. The number of likely N-dealkylation sites (N-methyl/N-ethyl adjacent to an activating group) is 1. The highest BCUT2D eigenvalue weighted by Crippen LogP contribution is 2.37. The van der Waals surface area contributed by atoms with E-state index in [9.17, 15) is 33.1 Å². The van der Waals surface area contributed by atoms with Gasteiger partial charge >= 0.3 is 0 Å². The number of aromatic hydroxyl groups is 1. The van der Waals surface area contributed by atoms with Crippen molar-refractivity contribution >= 4 is 17.7 Å². The molecule has 3 amide bonds. The lowest BCUT2D eigenvalue weighted by Crippen LogP contribution is -2.55. The Morgan fingerprint density at radius 3 is 2.58 bits per heavy atom. The topological polar surface area (TPSA) is 112 Å². The molecule has 2 aromatic rings. The van der Waals surface area contributed by atoms with Gasteiger partial charge in [-0.3, -0.25) is 19.2 Å².